The maximum absolute atomic E-state index is 13.2. The minimum Gasteiger partial charge on any atom is -0.302 e. The number of carbonyl (C=O) groups excluding carboxylic acids is 1. The molecule has 0 atom stereocenters. The highest BCUT2D eigenvalue weighted by molar-refractivity contribution is 5.88. The number of halogens is 3. The summed E-state index contributed by atoms with van der Waals surface area (Å²) in [5.74, 6) is -0.00532. The number of fused-ring (bicyclic) bond motifs is 1. The Morgan fingerprint density at radius 2 is 1.91 bits per heavy atom. The normalized spacial score (nSPS) is 19.2. The highest BCUT2D eigenvalue weighted by Crippen LogP contribution is 2.58. The van der Waals surface area contributed by atoms with Crippen LogP contribution in [0.1, 0.15) is 31.4 Å². The number of hydrogen-bond donors (Lipinski definition) is 0. The van der Waals surface area contributed by atoms with Gasteiger partial charge in [-0.3, -0.25) is 14.5 Å². The molecule has 2 aromatic heterocycles. The number of aromatic nitrogens is 4. The predicted octanol–water partition coefficient (Wildman–Crippen LogP) is 4.20. The molecule has 0 unspecified atom stereocenters. The molecule has 0 bridgehead atoms. The van der Waals surface area contributed by atoms with Crippen molar-refractivity contribution < 1.29 is 18.0 Å². The summed E-state index contributed by atoms with van der Waals surface area (Å²) in [5, 5.41) is 10.1. The van der Waals surface area contributed by atoms with Gasteiger partial charge in [-0.25, -0.2) is 0 Å². The summed E-state index contributed by atoms with van der Waals surface area (Å²) in [5.41, 5.74) is 0.918. The molecule has 0 amide bonds. The molecule has 1 saturated heterocycles. The number of alkyl halides is 3. The molecule has 0 spiro atoms. The molecule has 6 nitrogen and oxygen atoms in total. The van der Waals surface area contributed by atoms with Crippen molar-refractivity contribution in [2.75, 3.05) is 19.6 Å². The monoisotopic (exact) mass is 457 g/mol. The number of rotatable bonds is 6. The van der Waals surface area contributed by atoms with Crippen LogP contribution < -0.4 is 0 Å². The number of aryl methyl sites for hydroxylation is 1. The molecule has 2 aliphatic rings. The lowest BCUT2D eigenvalue weighted by Gasteiger charge is -2.34. The Hall–Kier alpha value is -2.81. The SMILES string of the molecule is Cn1cc(-c2ccc3cnc(CC(=O)C4CCN(CC5(C(F)(F)F)CC5)CC4)cc3c2)nn1. The molecule has 1 aromatic carbocycles. The molecule has 0 radical (unpaired) electrons. The molecule has 2 fully saturated rings. The lowest BCUT2D eigenvalue weighted by atomic mass is 9.89. The van der Waals surface area contributed by atoms with E-state index in [2.05, 4.69) is 15.3 Å². The highest BCUT2D eigenvalue weighted by Gasteiger charge is 2.63. The molecule has 174 valence electrons. The number of pyridine rings is 1. The second-order valence-electron chi connectivity index (χ2n) is 9.49. The summed E-state index contributed by atoms with van der Waals surface area (Å²) in [6.45, 7) is 1.15. The van der Waals surface area contributed by atoms with Gasteiger partial charge in [-0.05, 0) is 56.3 Å². The lowest BCUT2D eigenvalue weighted by molar-refractivity contribution is -0.192. The fourth-order valence-electron chi connectivity index (χ4n) is 4.77. The van der Waals surface area contributed by atoms with Crippen LogP contribution in [0, 0.1) is 11.3 Å². The largest absolute Gasteiger partial charge is 0.395 e. The van der Waals surface area contributed by atoms with Crippen LogP contribution in [0.3, 0.4) is 0 Å². The van der Waals surface area contributed by atoms with E-state index >= 15 is 0 Å². The molecule has 5 rings (SSSR count). The van der Waals surface area contributed by atoms with Crippen LogP contribution in [0.2, 0.25) is 0 Å². The summed E-state index contributed by atoms with van der Waals surface area (Å²) in [7, 11) is 1.82. The van der Waals surface area contributed by atoms with Gasteiger partial charge in [-0.2, -0.15) is 13.2 Å². The maximum atomic E-state index is 13.2. The van der Waals surface area contributed by atoms with E-state index < -0.39 is 11.6 Å². The number of ketones is 1. The van der Waals surface area contributed by atoms with Crippen molar-refractivity contribution in [2.24, 2.45) is 18.4 Å². The summed E-state index contributed by atoms with van der Waals surface area (Å²) in [4.78, 5) is 19.2. The van der Waals surface area contributed by atoms with Crippen molar-refractivity contribution in [3.8, 4) is 11.3 Å². The Balaban J connectivity index is 1.21. The maximum Gasteiger partial charge on any atom is 0.395 e. The Morgan fingerprint density at radius 1 is 1.15 bits per heavy atom. The molecule has 3 heterocycles. The van der Waals surface area contributed by atoms with Gasteiger partial charge < -0.3 is 4.90 Å². The standard InChI is InChI=1S/C24H26F3N5O/c1-31-14-21(29-30-31)17-2-3-18-13-28-20(11-19(18)10-17)12-22(33)16-4-8-32(9-5-16)15-23(6-7-23)24(25,26)27/h2-3,10-11,13-14,16H,4-9,12,15H2,1H3. The van der Waals surface area contributed by atoms with Crippen LogP contribution in [-0.4, -0.2) is 56.5 Å². The smallest absolute Gasteiger partial charge is 0.302 e. The Kier molecular flexibility index (Phi) is 5.47. The van der Waals surface area contributed by atoms with E-state index in [-0.39, 0.29) is 37.5 Å². The lowest BCUT2D eigenvalue weighted by Crippen LogP contribution is -2.43. The van der Waals surface area contributed by atoms with Crippen molar-refractivity contribution in [2.45, 2.75) is 38.3 Å². The van der Waals surface area contributed by atoms with Gasteiger partial charge in [0.05, 0.1) is 11.6 Å². The molecule has 1 aliphatic carbocycles. The molecular formula is C24H26F3N5O. The first-order chi connectivity index (χ1) is 15.7. The fraction of sp³-hybridized carbons (Fsp3) is 0.500. The van der Waals surface area contributed by atoms with E-state index in [1.165, 1.54) is 0 Å². The summed E-state index contributed by atoms with van der Waals surface area (Å²) in [6.07, 6.45) is 1.39. The van der Waals surface area contributed by atoms with E-state index in [1.54, 1.807) is 10.9 Å². The quantitative estimate of drug-likeness (QED) is 0.555. The van der Waals surface area contributed by atoms with Gasteiger partial charge in [0, 0.05) is 48.8 Å². The van der Waals surface area contributed by atoms with Gasteiger partial charge in [-0.1, -0.05) is 17.3 Å². The third kappa shape index (κ3) is 4.51. The summed E-state index contributed by atoms with van der Waals surface area (Å²) >= 11 is 0. The summed E-state index contributed by atoms with van der Waals surface area (Å²) < 4.78 is 41.4. The van der Waals surface area contributed by atoms with Crippen LogP contribution in [0.25, 0.3) is 22.0 Å². The number of carbonyl (C=O) groups is 1. The van der Waals surface area contributed by atoms with Crippen molar-refractivity contribution in [3.05, 3.63) is 42.4 Å². The van der Waals surface area contributed by atoms with Crippen LogP contribution >= 0.6 is 0 Å². The highest BCUT2D eigenvalue weighted by atomic mass is 19.4. The number of likely N-dealkylation sites (tertiary alicyclic amines) is 1. The van der Waals surface area contributed by atoms with Crippen LogP contribution in [0.5, 0.6) is 0 Å². The molecule has 1 aliphatic heterocycles. The van der Waals surface area contributed by atoms with Gasteiger partial charge in [0.15, 0.2) is 0 Å². The first-order valence-electron chi connectivity index (χ1n) is 11.3. The van der Waals surface area contributed by atoms with Gasteiger partial charge in [0.1, 0.15) is 11.5 Å². The number of hydrogen-bond acceptors (Lipinski definition) is 5. The van der Waals surface area contributed by atoms with E-state index in [4.69, 9.17) is 0 Å². The van der Waals surface area contributed by atoms with Crippen molar-refractivity contribution >= 4 is 16.6 Å². The van der Waals surface area contributed by atoms with Crippen molar-refractivity contribution in [3.63, 3.8) is 0 Å². The molecule has 3 aromatic rings. The number of nitrogens with zero attached hydrogens (tertiary/aromatic N) is 5. The zero-order valence-electron chi connectivity index (χ0n) is 18.5. The first kappa shape index (κ1) is 22.0. The van der Waals surface area contributed by atoms with E-state index in [0.717, 1.165) is 22.0 Å². The topological polar surface area (TPSA) is 63.9 Å². The van der Waals surface area contributed by atoms with Crippen LogP contribution in [0.15, 0.2) is 36.7 Å². The van der Waals surface area contributed by atoms with Crippen molar-refractivity contribution in [1.29, 1.82) is 0 Å². The fourth-order valence-corrected chi connectivity index (χ4v) is 4.77. The van der Waals surface area contributed by atoms with E-state index in [1.807, 2.05) is 42.4 Å². The molecular weight excluding hydrogens is 431 g/mol. The third-order valence-corrected chi connectivity index (χ3v) is 7.06. The average molecular weight is 458 g/mol. The van der Waals surface area contributed by atoms with Crippen molar-refractivity contribution in [1.82, 2.24) is 24.9 Å². The van der Waals surface area contributed by atoms with Crippen LogP contribution in [0.4, 0.5) is 13.2 Å². The van der Waals surface area contributed by atoms with E-state index in [0.29, 0.717) is 31.6 Å². The number of piperidine rings is 1. The van der Waals surface area contributed by atoms with Gasteiger partial charge in [0.2, 0.25) is 0 Å². The first-order valence-corrected chi connectivity index (χ1v) is 11.3. The molecule has 0 N–H and O–H groups in total. The number of Topliss-reactive ketones (excluding diaryl/α,β-unsaturated/α-hetero) is 1. The van der Waals surface area contributed by atoms with Crippen LogP contribution in [-0.2, 0) is 18.3 Å². The Morgan fingerprint density at radius 3 is 2.55 bits per heavy atom. The minimum absolute atomic E-state index is 0.0672. The average Bonchev–Trinajstić information content (AvgIpc) is 3.45. The van der Waals surface area contributed by atoms with Gasteiger partial charge in [0.25, 0.3) is 0 Å². The molecule has 1 saturated carbocycles. The van der Waals surface area contributed by atoms with Gasteiger partial charge in [-0.15, -0.1) is 5.10 Å². The minimum atomic E-state index is -4.13. The third-order valence-electron chi connectivity index (χ3n) is 7.06. The predicted molar refractivity (Wildman–Crippen MR) is 117 cm³/mol. The Bertz CT molecular complexity index is 1180. The second-order valence-corrected chi connectivity index (χ2v) is 9.49. The molecule has 9 heteroatoms. The van der Waals surface area contributed by atoms with E-state index in [9.17, 15) is 18.0 Å². The zero-order chi connectivity index (χ0) is 23.2. The number of benzene rings is 1. The second kappa shape index (κ2) is 8.20. The Labute approximate surface area is 189 Å². The van der Waals surface area contributed by atoms with Gasteiger partial charge >= 0.3 is 6.18 Å². The zero-order valence-corrected chi connectivity index (χ0v) is 18.5. The summed E-state index contributed by atoms with van der Waals surface area (Å²) in [6, 6.07) is 7.89. The molecule has 33 heavy (non-hydrogen) atoms.